The molecule has 33 nitrogen and oxygen atoms in total. The molecule has 2 aromatic carbocycles. The number of thiazole rings is 4. The molecule has 4 unspecified atom stereocenters. The minimum atomic E-state index is -4.52. The number of benzene rings is 2. The van der Waals surface area contributed by atoms with Crippen LogP contribution in [0.4, 0.5) is 68.0 Å². The number of methoxy groups -OCH3 is 1. The zero-order valence-corrected chi connectivity index (χ0v) is 84.6. The van der Waals surface area contributed by atoms with Crippen molar-refractivity contribution < 1.29 is 36.9 Å². The topological polar surface area (TPSA) is 331 Å². The van der Waals surface area contributed by atoms with E-state index in [1.807, 2.05) is 154 Å². The second kappa shape index (κ2) is 45.6. The number of pyridine rings is 2. The van der Waals surface area contributed by atoms with E-state index in [-0.39, 0.29) is 87.2 Å². The zero-order chi connectivity index (χ0) is 97.7. The van der Waals surface area contributed by atoms with Crippen LogP contribution in [0.15, 0.2) is 126 Å². The first kappa shape index (κ1) is 102. The Kier molecular flexibility index (Phi) is 34.2. The summed E-state index contributed by atoms with van der Waals surface area (Å²) in [6, 6.07) is 14.6. The van der Waals surface area contributed by atoms with Crippen molar-refractivity contribution in [3.63, 3.8) is 0 Å². The van der Waals surface area contributed by atoms with Crippen molar-refractivity contribution in [2.45, 2.75) is 157 Å². The van der Waals surface area contributed by atoms with Gasteiger partial charge in [-0.2, -0.15) is 13.2 Å². The van der Waals surface area contributed by atoms with Crippen LogP contribution in [0.3, 0.4) is 0 Å². The summed E-state index contributed by atoms with van der Waals surface area (Å²) in [6.07, 6.45) is 6.50. The number of anilines is 10. The number of aromatic nitrogens is 14. The van der Waals surface area contributed by atoms with Crippen LogP contribution in [-0.2, 0) is 79.0 Å². The summed E-state index contributed by atoms with van der Waals surface area (Å²) < 4.78 is 74.6. The maximum atomic E-state index is 13.6. The molecule has 0 radical (unpaired) electrons. The normalized spacial score (nSPS) is 18.0. The molecule has 4 aliphatic heterocycles. The van der Waals surface area contributed by atoms with Crippen LogP contribution in [0.25, 0.3) is 45.6 Å². The van der Waals surface area contributed by atoms with Gasteiger partial charge in [-0.3, -0.25) is 37.4 Å². The smallest absolute Gasteiger partial charge is 0.416 e. The minimum Gasteiger partial charge on any atom is -0.481 e. The predicted molar refractivity (Wildman–Crippen MR) is 541 cm³/mol. The molecule has 0 bridgehead atoms. The first-order chi connectivity index (χ1) is 65.3. The molecule has 0 amide bonds. The van der Waals surface area contributed by atoms with Gasteiger partial charge in [0.2, 0.25) is 5.88 Å². The lowest BCUT2D eigenvalue weighted by molar-refractivity contribution is -0.137. The van der Waals surface area contributed by atoms with Gasteiger partial charge >= 0.3 is 6.18 Å². The van der Waals surface area contributed by atoms with E-state index in [2.05, 4.69) is 99.7 Å². The van der Waals surface area contributed by atoms with Crippen LogP contribution in [0, 0.1) is 20.8 Å². The van der Waals surface area contributed by atoms with Gasteiger partial charge in [-0.15, -0.1) is 45.3 Å². The molecule has 0 saturated carbocycles. The highest BCUT2D eigenvalue weighted by molar-refractivity contribution is 7.14. The van der Waals surface area contributed by atoms with E-state index in [0.717, 1.165) is 121 Å². The SMILES string of the molecule is CCO[C@H]1CN(c2nccs2)CC1Nc1c(CC)nc(-c2ccc(C(F)(F)F)cc2Cl)n(C)c1=O.CCO[C@H]1CN(c2nccs2)CC1Nc1c(CC)nc(-c2ccc(N(C)C)cc2C)n(C)c1=O.CCO[C@H]1CN(c2nccs2)CC1Nc1c(CC)nc(-c2ccc(OC)nc2C)n(C)c1=O.CCO[C@H]1CN(c2nccs2)CC1Nc1c(CC)nc(-c2cnc(N(C)C)cc2C)n(C)c1=O. The second-order valence-electron chi connectivity index (χ2n) is 33.6. The second-order valence-corrected chi connectivity index (χ2v) is 37.5. The number of rotatable bonds is 31. The van der Waals surface area contributed by atoms with Crippen molar-refractivity contribution in [1.29, 1.82) is 0 Å². The van der Waals surface area contributed by atoms with Crippen LogP contribution >= 0.6 is 56.9 Å². The number of ether oxygens (including phenoxy) is 5. The molecular formula is C95H122ClF3N24O9S4. The number of halogens is 4. The van der Waals surface area contributed by atoms with E-state index in [0.29, 0.717) is 130 Å². The molecule has 8 atom stereocenters. The average Bonchev–Trinajstić information content (AvgIpc) is 1.30. The lowest BCUT2D eigenvalue weighted by Crippen LogP contribution is -2.38. The van der Waals surface area contributed by atoms with Crippen molar-refractivity contribution >= 4 is 112 Å². The molecule has 10 aromatic heterocycles. The van der Waals surface area contributed by atoms with Gasteiger partial charge in [0.1, 0.15) is 51.9 Å². The Bertz CT molecular complexity index is 6120. The Morgan fingerprint density at radius 2 is 0.750 bits per heavy atom. The van der Waals surface area contributed by atoms with Gasteiger partial charge in [0.25, 0.3) is 22.2 Å². The molecular weight excluding hydrogens is 1840 g/mol. The van der Waals surface area contributed by atoms with E-state index >= 15 is 0 Å². The van der Waals surface area contributed by atoms with Crippen molar-refractivity contribution in [2.75, 3.05) is 165 Å². The molecule has 0 aliphatic carbocycles. The van der Waals surface area contributed by atoms with E-state index in [1.165, 1.54) is 29.0 Å². The molecule has 4 fully saturated rings. The molecule has 4 aliphatic rings. The van der Waals surface area contributed by atoms with E-state index in [9.17, 15) is 32.3 Å². The maximum absolute atomic E-state index is 13.6. The molecule has 14 heterocycles. The van der Waals surface area contributed by atoms with E-state index in [1.54, 1.807) is 101 Å². The molecule has 0 spiro atoms. The third kappa shape index (κ3) is 23.0. The van der Waals surface area contributed by atoms with Gasteiger partial charge in [0, 0.05) is 222 Å². The third-order valence-electron chi connectivity index (χ3n) is 24.3. The number of aryl methyl sites for hydroxylation is 7. The van der Waals surface area contributed by atoms with Gasteiger partial charge in [-0.25, -0.2) is 49.8 Å². The molecule has 16 rings (SSSR count). The van der Waals surface area contributed by atoms with Crippen LogP contribution in [0.2, 0.25) is 5.02 Å². The summed E-state index contributed by atoms with van der Waals surface area (Å²) in [5, 5.41) is 25.4. The molecule has 136 heavy (non-hydrogen) atoms. The van der Waals surface area contributed by atoms with Crippen molar-refractivity contribution in [1.82, 2.24) is 68.1 Å². The quantitative estimate of drug-likeness (QED) is 0.0314. The lowest BCUT2D eigenvalue weighted by Gasteiger charge is -2.23. The Hall–Kier alpha value is -11.5. The first-order valence-electron chi connectivity index (χ1n) is 45.6. The Morgan fingerprint density at radius 3 is 1.04 bits per heavy atom. The molecule has 4 saturated heterocycles. The molecule has 4 N–H and O–H groups in total. The zero-order valence-electron chi connectivity index (χ0n) is 80.6. The monoisotopic (exact) mass is 1960 g/mol. The number of alkyl halides is 3. The van der Waals surface area contributed by atoms with Crippen molar-refractivity contribution in [3.05, 3.63) is 199 Å². The summed E-state index contributed by atoms with van der Waals surface area (Å²) >= 11 is 12.6. The summed E-state index contributed by atoms with van der Waals surface area (Å²) in [5.41, 5.74) is 10.1. The van der Waals surface area contributed by atoms with Gasteiger partial charge in [0.15, 0.2) is 20.5 Å². The van der Waals surface area contributed by atoms with E-state index in [4.69, 9.17) is 50.2 Å². The van der Waals surface area contributed by atoms with Crippen LogP contribution < -0.4 is 77.6 Å². The highest BCUT2D eigenvalue weighted by atomic mass is 35.5. The highest BCUT2D eigenvalue weighted by Crippen LogP contribution is 2.39. The lowest BCUT2D eigenvalue weighted by atomic mass is 10.1. The fourth-order valence-corrected chi connectivity index (χ4v) is 20.1. The third-order valence-corrected chi connectivity index (χ3v) is 27.9. The first-order valence-corrected chi connectivity index (χ1v) is 49.5. The Labute approximate surface area is 811 Å². The predicted octanol–water partition coefficient (Wildman–Crippen LogP) is 14.2. The Morgan fingerprint density at radius 1 is 0.419 bits per heavy atom. The molecule has 12 aromatic rings. The van der Waals surface area contributed by atoms with Crippen LogP contribution in [0.1, 0.15) is 101 Å². The molecule has 728 valence electrons. The largest absolute Gasteiger partial charge is 0.481 e. The molecule has 41 heteroatoms. The van der Waals surface area contributed by atoms with Gasteiger partial charge in [-0.1, -0.05) is 39.3 Å². The van der Waals surface area contributed by atoms with Crippen molar-refractivity contribution in [3.8, 4) is 51.4 Å². The average molecular weight is 1960 g/mol. The van der Waals surface area contributed by atoms with Gasteiger partial charge in [0.05, 0.1) is 94.7 Å². The minimum absolute atomic E-state index is 0.0318. The number of nitrogens with one attached hydrogen (secondary N) is 4. The summed E-state index contributed by atoms with van der Waals surface area (Å²) in [5.74, 6) is 3.50. The van der Waals surface area contributed by atoms with E-state index < -0.39 is 11.7 Å². The van der Waals surface area contributed by atoms with Gasteiger partial charge < -0.3 is 74.4 Å². The number of nitrogens with zero attached hydrogens (tertiary/aromatic N) is 20. The number of hydrogen-bond donors (Lipinski definition) is 4. The number of hydrogen-bond acceptors (Lipinski definition) is 33. The Balaban J connectivity index is 0.000000153. The highest BCUT2D eigenvalue weighted by Gasteiger charge is 2.41. The summed E-state index contributed by atoms with van der Waals surface area (Å²) in [6.45, 7) is 29.7. The van der Waals surface area contributed by atoms with Crippen molar-refractivity contribution in [2.24, 2.45) is 28.2 Å². The fourth-order valence-electron chi connectivity index (χ4n) is 17.1. The van der Waals surface area contributed by atoms with Crippen LogP contribution in [0.5, 0.6) is 5.88 Å². The van der Waals surface area contributed by atoms with Crippen LogP contribution in [-0.4, -0.2) is 231 Å². The standard InChI is InChI=1S/C25H34N6O2S.C24H33N7O2S.C23H25ClF3N5O2S.C23H30N6O3S/c1-7-19-22(27-20-14-31(15-21(20)33-8-2)25-26-11-12-34-25)24(32)30(6)23(28-19)18-10-9-17(29(4)5)13-16(18)3;1-7-17-21(27-18-13-31(14-19(18)33-8-2)24-25-9-10-34-24)23(32)30(6)22(28-17)16-12-26-20(29(4)5)11-15(16)3;1-4-16-19(29-17-11-32(12-18(17)34-5-2)22-28-8-9-35-22)21(33)31(3)20(30-16)14-7-6-13(10-15(14)24)23(25,26)27;1-6-16-20(26-17-12-29(13-18(17)32-7-2)23-24-10-11-33-23)22(30)28(4)21(27-16)15-8-9-19(31-5)25-14(15)3/h9-13,20-21,27H,7-8,14-15H2,1-6H3;9-12,18-19,27H,7-8,13-14H2,1-6H3;6-10,17-18,29H,4-5,11-12H2,1-3H3;8-11,17-18,26H,6-7,12-13H2,1-5H3/t20?,21-;18?,19-;2*17?,18-/m0000/s1. The fraction of sp³-hybridized carbons (Fsp3) is 0.474. The summed E-state index contributed by atoms with van der Waals surface area (Å²) in [4.78, 5) is 113. The maximum Gasteiger partial charge on any atom is 0.416 e. The van der Waals surface area contributed by atoms with Gasteiger partial charge in [-0.05, 0) is 134 Å². The summed E-state index contributed by atoms with van der Waals surface area (Å²) in [7, 11) is 16.4.